The second-order valence-corrected chi connectivity index (χ2v) is 6.47. The van der Waals surface area contributed by atoms with E-state index in [1.165, 1.54) is 12.1 Å². The van der Waals surface area contributed by atoms with Crippen molar-refractivity contribution in [3.05, 3.63) is 46.6 Å². The van der Waals surface area contributed by atoms with Gasteiger partial charge in [-0.1, -0.05) is 20.8 Å². The Balaban J connectivity index is 2.42. The highest BCUT2D eigenvalue weighted by molar-refractivity contribution is 9.10. The van der Waals surface area contributed by atoms with Gasteiger partial charge in [0, 0.05) is 24.2 Å². The van der Waals surface area contributed by atoms with Crippen molar-refractivity contribution < 1.29 is 4.39 Å². The molecule has 0 amide bonds. The van der Waals surface area contributed by atoms with E-state index in [9.17, 15) is 4.39 Å². The van der Waals surface area contributed by atoms with Crippen molar-refractivity contribution in [2.45, 2.75) is 26.2 Å². The first-order chi connectivity index (χ1) is 9.27. The van der Waals surface area contributed by atoms with Crippen LogP contribution in [-0.4, -0.2) is 17.0 Å². The Labute approximate surface area is 127 Å². The van der Waals surface area contributed by atoms with E-state index in [1.54, 1.807) is 12.1 Å². The highest BCUT2D eigenvalue weighted by atomic mass is 79.9. The Hall–Kier alpha value is -1.49. The van der Waals surface area contributed by atoms with Crippen molar-refractivity contribution in [1.29, 1.82) is 0 Å². The summed E-state index contributed by atoms with van der Waals surface area (Å²) in [6.45, 7) is 6.20. The summed E-state index contributed by atoms with van der Waals surface area (Å²) in [4.78, 5) is 10.9. The minimum absolute atomic E-state index is 0.137. The van der Waals surface area contributed by atoms with Crippen LogP contribution in [0.5, 0.6) is 0 Å². The van der Waals surface area contributed by atoms with E-state index in [0.717, 1.165) is 21.9 Å². The van der Waals surface area contributed by atoms with Gasteiger partial charge in [0.2, 0.25) is 0 Å². The fourth-order valence-corrected chi connectivity index (χ4v) is 2.08. The summed E-state index contributed by atoms with van der Waals surface area (Å²) in [5.41, 5.74) is 0.735. The van der Waals surface area contributed by atoms with Crippen LogP contribution < -0.4 is 4.90 Å². The van der Waals surface area contributed by atoms with Gasteiger partial charge < -0.3 is 4.90 Å². The number of benzene rings is 1. The first-order valence-corrected chi connectivity index (χ1v) is 7.11. The van der Waals surface area contributed by atoms with Crippen LogP contribution in [0.2, 0.25) is 0 Å². The van der Waals surface area contributed by atoms with E-state index < -0.39 is 0 Å². The molecular weight excluding hydrogens is 321 g/mol. The summed E-state index contributed by atoms with van der Waals surface area (Å²) in [5.74, 6) is 1.28. The standard InChI is InChI=1S/C15H17BrFN3/c1-15(2,3)14-18-12(16)9-13(19-14)20(4)11-7-5-10(17)6-8-11/h5-9H,1-4H3. The number of anilines is 2. The molecule has 1 aromatic carbocycles. The Kier molecular flexibility index (Phi) is 4.09. The Bertz CT molecular complexity index is 606. The molecule has 2 rings (SSSR count). The predicted octanol–water partition coefficient (Wildman–Crippen LogP) is 4.44. The molecule has 0 fully saturated rings. The maximum Gasteiger partial charge on any atom is 0.137 e. The van der Waals surface area contributed by atoms with E-state index in [4.69, 9.17) is 0 Å². The molecule has 0 unspecified atom stereocenters. The van der Waals surface area contributed by atoms with Gasteiger partial charge in [-0.3, -0.25) is 0 Å². The maximum absolute atomic E-state index is 13.0. The van der Waals surface area contributed by atoms with Crippen LogP contribution in [0.1, 0.15) is 26.6 Å². The number of nitrogens with zero attached hydrogens (tertiary/aromatic N) is 3. The molecular formula is C15H17BrFN3. The average molecular weight is 338 g/mol. The molecule has 0 aliphatic carbocycles. The number of hydrogen-bond donors (Lipinski definition) is 0. The lowest BCUT2D eigenvalue weighted by Gasteiger charge is -2.22. The van der Waals surface area contributed by atoms with Crippen molar-refractivity contribution in [3.63, 3.8) is 0 Å². The summed E-state index contributed by atoms with van der Waals surface area (Å²) >= 11 is 3.42. The van der Waals surface area contributed by atoms with Crippen LogP contribution in [-0.2, 0) is 5.41 Å². The molecule has 20 heavy (non-hydrogen) atoms. The number of rotatable bonds is 2. The van der Waals surface area contributed by atoms with Crippen LogP contribution in [0, 0.1) is 5.82 Å². The lowest BCUT2D eigenvalue weighted by atomic mass is 9.96. The van der Waals surface area contributed by atoms with E-state index >= 15 is 0 Å². The molecule has 106 valence electrons. The molecule has 5 heteroatoms. The molecule has 0 N–H and O–H groups in total. The first kappa shape index (κ1) is 14.9. The van der Waals surface area contributed by atoms with Crippen molar-refractivity contribution in [1.82, 2.24) is 9.97 Å². The molecule has 0 spiro atoms. The van der Waals surface area contributed by atoms with Crippen LogP contribution in [0.15, 0.2) is 34.9 Å². The van der Waals surface area contributed by atoms with Gasteiger partial charge in [0.05, 0.1) is 0 Å². The van der Waals surface area contributed by atoms with Gasteiger partial charge in [-0.25, -0.2) is 14.4 Å². The second kappa shape index (κ2) is 5.48. The Morgan fingerprint density at radius 3 is 2.25 bits per heavy atom. The van der Waals surface area contributed by atoms with Crippen LogP contribution in [0.4, 0.5) is 15.9 Å². The lowest BCUT2D eigenvalue weighted by Crippen LogP contribution is -2.19. The third-order valence-corrected chi connectivity index (χ3v) is 3.32. The van der Waals surface area contributed by atoms with E-state index in [0.29, 0.717) is 0 Å². The first-order valence-electron chi connectivity index (χ1n) is 6.32. The summed E-state index contributed by atoms with van der Waals surface area (Å²) < 4.78 is 13.7. The summed E-state index contributed by atoms with van der Waals surface area (Å²) in [5, 5.41) is 0. The van der Waals surface area contributed by atoms with Gasteiger partial charge in [0.1, 0.15) is 22.1 Å². The molecule has 2 aromatic rings. The summed E-state index contributed by atoms with van der Waals surface area (Å²) in [6, 6.07) is 8.17. The van der Waals surface area contributed by atoms with Crippen molar-refractivity contribution in [3.8, 4) is 0 Å². The molecule has 0 bridgehead atoms. The average Bonchev–Trinajstić information content (AvgIpc) is 2.37. The third kappa shape index (κ3) is 3.33. The van der Waals surface area contributed by atoms with Gasteiger partial charge in [-0.05, 0) is 40.2 Å². The molecule has 0 aliphatic heterocycles. The largest absolute Gasteiger partial charge is 0.329 e. The normalized spacial score (nSPS) is 11.5. The van der Waals surface area contributed by atoms with Gasteiger partial charge >= 0.3 is 0 Å². The highest BCUT2D eigenvalue weighted by Crippen LogP contribution is 2.27. The van der Waals surface area contributed by atoms with Gasteiger partial charge in [0.15, 0.2) is 0 Å². The topological polar surface area (TPSA) is 29.0 Å². The SMILES string of the molecule is CN(c1ccc(F)cc1)c1cc(Br)nc(C(C)(C)C)n1. The molecule has 0 radical (unpaired) electrons. The Morgan fingerprint density at radius 2 is 1.70 bits per heavy atom. The van der Waals surface area contributed by atoms with Crippen molar-refractivity contribution in [2.75, 3.05) is 11.9 Å². The molecule has 1 aromatic heterocycles. The van der Waals surface area contributed by atoms with E-state index in [1.807, 2.05) is 18.0 Å². The molecule has 3 nitrogen and oxygen atoms in total. The van der Waals surface area contributed by atoms with E-state index in [-0.39, 0.29) is 11.2 Å². The van der Waals surface area contributed by atoms with E-state index in [2.05, 4.69) is 46.7 Å². The Morgan fingerprint density at radius 1 is 1.10 bits per heavy atom. The highest BCUT2D eigenvalue weighted by Gasteiger charge is 2.20. The predicted molar refractivity (Wildman–Crippen MR) is 82.9 cm³/mol. The fraction of sp³-hybridized carbons (Fsp3) is 0.333. The zero-order valence-corrected chi connectivity index (χ0v) is 13.6. The lowest BCUT2D eigenvalue weighted by molar-refractivity contribution is 0.543. The number of hydrogen-bond acceptors (Lipinski definition) is 3. The van der Waals surface area contributed by atoms with Gasteiger partial charge in [-0.15, -0.1) is 0 Å². The minimum atomic E-state index is -0.249. The second-order valence-electron chi connectivity index (χ2n) is 5.66. The number of aromatic nitrogens is 2. The number of halogens is 2. The molecule has 0 aliphatic rings. The van der Waals surface area contributed by atoms with Crippen LogP contribution >= 0.6 is 15.9 Å². The zero-order valence-electron chi connectivity index (χ0n) is 12.0. The van der Waals surface area contributed by atoms with Gasteiger partial charge in [-0.2, -0.15) is 0 Å². The van der Waals surface area contributed by atoms with Gasteiger partial charge in [0.25, 0.3) is 0 Å². The molecule has 0 saturated carbocycles. The van der Waals surface area contributed by atoms with Crippen LogP contribution in [0.25, 0.3) is 0 Å². The quantitative estimate of drug-likeness (QED) is 0.758. The molecule has 0 saturated heterocycles. The van der Waals surface area contributed by atoms with Crippen LogP contribution in [0.3, 0.4) is 0 Å². The van der Waals surface area contributed by atoms with Crippen molar-refractivity contribution in [2.24, 2.45) is 0 Å². The summed E-state index contributed by atoms with van der Waals surface area (Å²) in [6.07, 6.45) is 0. The maximum atomic E-state index is 13.0. The smallest absolute Gasteiger partial charge is 0.137 e. The monoisotopic (exact) mass is 337 g/mol. The molecule has 0 atom stereocenters. The third-order valence-electron chi connectivity index (χ3n) is 2.91. The van der Waals surface area contributed by atoms with Crippen molar-refractivity contribution >= 4 is 27.4 Å². The fourth-order valence-electron chi connectivity index (χ4n) is 1.71. The zero-order chi connectivity index (χ0) is 14.9. The summed E-state index contributed by atoms with van der Waals surface area (Å²) in [7, 11) is 1.90. The molecule has 1 heterocycles. The minimum Gasteiger partial charge on any atom is -0.329 e.